The Bertz CT molecular complexity index is 693. The second kappa shape index (κ2) is 7.52. The van der Waals surface area contributed by atoms with Gasteiger partial charge in [-0.05, 0) is 61.4 Å². The molecule has 2 unspecified atom stereocenters. The summed E-state index contributed by atoms with van der Waals surface area (Å²) in [4.78, 5) is 12.4. The lowest BCUT2D eigenvalue weighted by Gasteiger charge is -2.17. The van der Waals surface area contributed by atoms with Gasteiger partial charge in [0.15, 0.2) is 0 Å². The molecule has 0 radical (unpaired) electrons. The molecule has 0 saturated carbocycles. The molecule has 0 saturated heterocycles. The van der Waals surface area contributed by atoms with Crippen molar-refractivity contribution in [1.29, 1.82) is 0 Å². The normalized spacial score (nSPS) is 17.2. The minimum Gasteiger partial charge on any atom is -0.494 e. The molecule has 126 valence electrons. The third-order valence-electron chi connectivity index (χ3n) is 4.76. The van der Waals surface area contributed by atoms with Gasteiger partial charge in [0.2, 0.25) is 5.91 Å². The van der Waals surface area contributed by atoms with E-state index in [0.717, 1.165) is 24.2 Å². The third kappa shape index (κ3) is 3.78. The second-order valence-corrected chi connectivity index (χ2v) is 6.43. The highest BCUT2D eigenvalue weighted by Crippen LogP contribution is 2.35. The fraction of sp³-hybridized carbons (Fsp3) is 0.381. The number of ether oxygens (including phenoxy) is 1. The maximum absolute atomic E-state index is 12.4. The average Bonchev–Trinajstić information content (AvgIpc) is 2.99. The number of amides is 1. The van der Waals surface area contributed by atoms with E-state index < -0.39 is 0 Å². The van der Waals surface area contributed by atoms with E-state index in [-0.39, 0.29) is 11.9 Å². The Kier molecular flexibility index (Phi) is 5.19. The number of nitrogens with one attached hydrogen (secondary N) is 1. The van der Waals surface area contributed by atoms with Crippen molar-refractivity contribution in [3.8, 4) is 5.75 Å². The Labute approximate surface area is 144 Å². The molecule has 1 aliphatic carbocycles. The van der Waals surface area contributed by atoms with Crippen molar-refractivity contribution in [1.82, 2.24) is 5.32 Å². The van der Waals surface area contributed by atoms with Crippen molar-refractivity contribution >= 4 is 5.91 Å². The minimum absolute atomic E-state index is 0.00447. The molecule has 3 heteroatoms. The summed E-state index contributed by atoms with van der Waals surface area (Å²) in [5.41, 5.74) is 3.84. The van der Waals surface area contributed by atoms with Crippen LogP contribution in [-0.4, -0.2) is 12.5 Å². The zero-order valence-corrected chi connectivity index (χ0v) is 14.4. The van der Waals surface area contributed by atoms with Crippen molar-refractivity contribution in [2.75, 3.05) is 6.61 Å². The Morgan fingerprint density at radius 1 is 1.21 bits per heavy atom. The number of carbonyl (C=O) groups is 1. The molecule has 1 N–H and O–H groups in total. The summed E-state index contributed by atoms with van der Waals surface area (Å²) in [6, 6.07) is 16.4. The van der Waals surface area contributed by atoms with Gasteiger partial charge in [-0.1, -0.05) is 36.4 Å². The number of carbonyl (C=O) groups excluding carboxylic acids is 1. The molecule has 0 spiro atoms. The highest BCUT2D eigenvalue weighted by molar-refractivity contribution is 5.77. The van der Waals surface area contributed by atoms with Gasteiger partial charge in [-0.25, -0.2) is 0 Å². The average molecular weight is 323 g/mol. The van der Waals surface area contributed by atoms with E-state index in [1.807, 2.05) is 38.1 Å². The summed E-state index contributed by atoms with van der Waals surface area (Å²) in [5.74, 6) is 1.34. The Balaban J connectivity index is 1.57. The zero-order chi connectivity index (χ0) is 16.9. The molecule has 1 amide bonds. The second-order valence-electron chi connectivity index (χ2n) is 6.43. The zero-order valence-electron chi connectivity index (χ0n) is 14.4. The van der Waals surface area contributed by atoms with E-state index in [4.69, 9.17) is 4.74 Å². The lowest BCUT2D eigenvalue weighted by atomic mass is 9.97. The number of aryl methyl sites for hydroxylation is 1. The molecule has 0 aromatic heterocycles. The monoisotopic (exact) mass is 323 g/mol. The highest BCUT2D eigenvalue weighted by Gasteiger charge is 2.24. The molecule has 2 aromatic carbocycles. The topological polar surface area (TPSA) is 38.3 Å². The molecule has 2 aromatic rings. The number of rotatable bonds is 6. The summed E-state index contributed by atoms with van der Waals surface area (Å²) in [6.45, 7) is 4.66. The maximum Gasteiger partial charge on any atom is 0.221 e. The SMILES string of the molecule is CCOc1ccc(C(C)NC(=O)CC2CCc3ccccc32)cc1. The highest BCUT2D eigenvalue weighted by atomic mass is 16.5. The first-order chi connectivity index (χ1) is 11.7. The van der Waals surface area contributed by atoms with Crippen molar-refractivity contribution in [2.45, 2.75) is 45.1 Å². The van der Waals surface area contributed by atoms with Gasteiger partial charge < -0.3 is 10.1 Å². The fourth-order valence-electron chi connectivity index (χ4n) is 3.48. The molecule has 0 fully saturated rings. The van der Waals surface area contributed by atoms with Gasteiger partial charge in [-0.15, -0.1) is 0 Å². The van der Waals surface area contributed by atoms with E-state index in [1.54, 1.807) is 0 Å². The largest absolute Gasteiger partial charge is 0.494 e. The van der Waals surface area contributed by atoms with E-state index >= 15 is 0 Å². The van der Waals surface area contributed by atoms with Crippen molar-refractivity contribution in [2.24, 2.45) is 0 Å². The summed E-state index contributed by atoms with van der Waals surface area (Å²) < 4.78 is 5.46. The van der Waals surface area contributed by atoms with Crippen LogP contribution in [0, 0.1) is 0 Å². The molecule has 24 heavy (non-hydrogen) atoms. The first-order valence-corrected chi connectivity index (χ1v) is 8.77. The molecule has 3 nitrogen and oxygen atoms in total. The fourth-order valence-corrected chi connectivity index (χ4v) is 3.48. The predicted molar refractivity (Wildman–Crippen MR) is 96.3 cm³/mol. The van der Waals surface area contributed by atoms with Crippen LogP contribution in [0.3, 0.4) is 0 Å². The van der Waals surface area contributed by atoms with Crippen molar-refractivity contribution in [3.05, 3.63) is 65.2 Å². The lowest BCUT2D eigenvalue weighted by molar-refractivity contribution is -0.122. The van der Waals surface area contributed by atoms with E-state index in [1.165, 1.54) is 11.1 Å². The maximum atomic E-state index is 12.4. The van der Waals surface area contributed by atoms with Crippen LogP contribution in [0.5, 0.6) is 5.75 Å². The van der Waals surface area contributed by atoms with Crippen LogP contribution < -0.4 is 10.1 Å². The van der Waals surface area contributed by atoms with Gasteiger partial charge in [0.05, 0.1) is 12.6 Å². The summed E-state index contributed by atoms with van der Waals surface area (Å²) in [6.07, 6.45) is 2.73. The lowest BCUT2D eigenvalue weighted by Crippen LogP contribution is -2.27. The molecule has 0 heterocycles. The Hall–Kier alpha value is -2.29. The van der Waals surface area contributed by atoms with Crippen LogP contribution in [0.4, 0.5) is 0 Å². The van der Waals surface area contributed by atoms with Crippen LogP contribution in [0.25, 0.3) is 0 Å². The van der Waals surface area contributed by atoms with Gasteiger partial charge in [0.25, 0.3) is 0 Å². The first-order valence-electron chi connectivity index (χ1n) is 8.77. The van der Waals surface area contributed by atoms with Crippen LogP contribution in [-0.2, 0) is 11.2 Å². The van der Waals surface area contributed by atoms with Crippen LogP contribution in [0.15, 0.2) is 48.5 Å². The van der Waals surface area contributed by atoms with Gasteiger partial charge in [-0.2, -0.15) is 0 Å². The summed E-state index contributed by atoms with van der Waals surface area (Å²) >= 11 is 0. The summed E-state index contributed by atoms with van der Waals surface area (Å²) in [5, 5.41) is 3.13. The number of hydrogen-bond acceptors (Lipinski definition) is 2. The number of hydrogen-bond donors (Lipinski definition) is 1. The molecule has 0 aliphatic heterocycles. The quantitative estimate of drug-likeness (QED) is 0.856. The molecular formula is C21H25NO2. The van der Waals surface area contributed by atoms with Gasteiger partial charge in [-0.3, -0.25) is 4.79 Å². The smallest absolute Gasteiger partial charge is 0.221 e. The van der Waals surface area contributed by atoms with Crippen molar-refractivity contribution in [3.63, 3.8) is 0 Å². The summed E-state index contributed by atoms with van der Waals surface area (Å²) in [7, 11) is 0. The third-order valence-corrected chi connectivity index (χ3v) is 4.76. The Morgan fingerprint density at radius 3 is 2.71 bits per heavy atom. The van der Waals surface area contributed by atoms with Gasteiger partial charge in [0.1, 0.15) is 5.75 Å². The molecule has 0 bridgehead atoms. The van der Waals surface area contributed by atoms with E-state index in [9.17, 15) is 4.79 Å². The van der Waals surface area contributed by atoms with Crippen LogP contribution in [0.1, 0.15) is 55.3 Å². The number of fused-ring (bicyclic) bond motifs is 1. The predicted octanol–water partition coefficient (Wildman–Crippen LogP) is 4.38. The van der Waals surface area contributed by atoms with Gasteiger partial charge in [0, 0.05) is 6.42 Å². The minimum atomic E-state index is 0.00447. The molecular weight excluding hydrogens is 298 g/mol. The molecule has 2 atom stereocenters. The van der Waals surface area contributed by atoms with Crippen LogP contribution >= 0.6 is 0 Å². The van der Waals surface area contributed by atoms with Crippen LogP contribution in [0.2, 0.25) is 0 Å². The standard InChI is InChI=1S/C21H25NO2/c1-3-24-19-12-10-16(11-13-19)15(2)22-21(23)14-18-9-8-17-6-4-5-7-20(17)18/h4-7,10-13,15,18H,3,8-9,14H2,1-2H3,(H,22,23). The van der Waals surface area contributed by atoms with Crippen molar-refractivity contribution < 1.29 is 9.53 Å². The van der Waals surface area contributed by atoms with Gasteiger partial charge >= 0.3 is 0 Å². The molecule has 1 aliphatic rings. The van der Waals surface area contributed by atoms with E-state index in [0.29, 0.717) is 18.9 Å². The first kappa shape index (κ1) is 16.6. The number of benzene rings is 2. The van der Waals surface area contributed by atoms with E-state index in [2.05, 4.69) is 29.6 Å². The Morgan fingerprint density at radius 2 is 1.96 bits per heavy atom. The molecule has 3 rings (SSSR count).